The van der Waals surface area contributed by atoms with Crippen molar-refractivity contribution in [1.82, 2.24) is 0 Å². The maximum atomic E-state index is 13.1. The quantitative estimate of drug-likeness (QED) is 0.190. The number of anilines is 2. The average Bonchev–Trinajstić information content (AvgIpc) is 2.81. The molecule has 33 heavy (non-hydrogen) atoms. The number of hydrogen-bond donors (Lipinski definition) is 1. The SMILES string of the molecule is CCCCCCOC(=O)c1cc(Sc2ccccc2)ccc1N(c1ccc(C)cc1)[SH](=O)=O. The molecule has 7 heteroatoms. The summed E-state index contributed by atoms with van der Waals surface area (Å²) in [6.07, 6.45) is 3.95. The lowest BCUT2D eigenvalue weighted by atomic mass is 10.1. The molecule has 174 valence electrons. The van der Waals surface area contributed by atoms with Crippen molar-refractivity contribution < 1.29 is 17.9 Å². The lowest BCUT2D eigenvalue weighted by Gasteiger charge is -2.21. The van der Waals surface area contributed by atoms with Gasteiger partial charge in [-0.1, -0.05) is 73.8 Å². The first-order valence-corrected chi connectivity index (χ1v) is 13.0. The zero-order valence-electron chi connectivity index (χ0n) is 18.9. The highest BCUT2D eigenvalue weighted by molar-refractivity contribution is 7.99. The molecule has 0 aliphatic heterocycles. The van der Waals surface area contributed by atoms with Crippen molar-refractivity contribution in [3.63, 3.8) is 0 Å². The Labute approximate surface area is 201 Å². The molecule has 0 saturated heterocycles. The normalized spacial score (nSPS) is 10.9. The van der Waals surface area contributed by atoms with E-state index >= 15 is 0 Å². The van der Waals surface area contributed by atoms with Gasteiger partial charge in [0.1, 0.15) is 0 Å². The van der Waals surface area contributed by atoms with Crippen LogP contribution in [0, 0.1) is 6.92 Å². The van der Waals surface area contributed by atoms with Crippen LogP contribution >= 0.6 is 11.8 Å². The molecule has 0 bridgehead atoms. The predicted octanol–water partition coefficient (Wildman–Crippen LogP) is 6.55. The van der Waals surface area contributed by atoms with Crippen molar-refractivity contribution in [2.75, 3.05) is 10.9 Å². The standard InChI is InChI=1S/C26H29NO4S2/c1-3-4-5-9-18-31-26(28)24-19-23(32-22-10-7-6-8-11-22)16-17-25(24)27(33(29)30)21-14-12-20(2)13-15-21/h6-8,10-17,19,33H,3-5,9,18H2,1-2H3. The van der Waals surface area contributed by atoms with Gasteiger partial charge in [0.25, 0.3) is 0 Å². The van der Waals surface area contributed by atoms with Crippen LogP contribution in [0.4, 0.5) is 11.4 Å². The Balaban J connectivity index is 1.96. The molecule has 0 N–H and O–H groups in total. The van der Waals surface area contributed by atoms with Gasteiger partial charge in [-0.2, -0.15) is 0 Å². The topological polar surface area (TPSA) is 63.7 Å². The second-order valence-electron chi connectivity index (χ2n) is 7.68. The fraction of sp³-hybridized carbons (Fsp3) is 0.269. The largest absolute Gasteiger partial charge is 0.462 e. The van der Waals surface area contributed by atoms with E-state index in [-0.39, 0.29) is 11.3 Å². The summed E-state index contributed by atoms with van der Waals surface area (Å²) >= 11 is 1.50. The van der Waals surface area contributed by atoms with Crippen LogP contribution < -0.4 is 4.31 Å². The minimum atomic E-state index is -3.03. The Morgan fingerprint density at radius 1 is 0.909 bits per heavy atom. The van der Waals surface area contributed by atoms with Crippen molar-refractivity contribution in [1.29, 1.82) is 0 Å². The van der Waals surface area contributed by atoms with E-state index in [1.54, 1.807) is 24.3 Å². The summed E-state index contributed by atoms with van der Waals surface area (Å²) < 4.78 is 31.2. The molecule has 0 atom stereocenters. The van der Waals surface area contributed by atoms with Crippen molar-refractivity contribution in [2.45, 2.75) is 49.3 Å². The average molecular weight is 484 g/mol. The maximum absolute atomic E-state index is 13.1. The molecule has 0 saturated carbocycles. The van der Waals surface area contributed by atoms with Gasteiger partial charge in [0.2, 0.25) is 10.9 Å². The number of carbonyl (C=O) groups excluding carboxylic acids is 1. The molecule has 0 aromatic heterocycles. The van der Waals surface area contributed by atoms with Gasteiger partial charge in [-0.25, -0.2) is 17.5 Å². The monoisotopic (exact) mass is 483 g/mol. The van der Waals surface area contributed by atoms with Gasteiger partial charge in [0, 0.05) is 9.79 Å². The maximum Gasteiger partial charge on any atom is 0.340 e. The molecule has 3 aromatic rings. The summed E-state index contributed by atoms with van der Waals surface area (Å²) in [5.41, 5.74) is 2.00. The second kappa shape index (κ2) is 12.5. The first-order chi connectivity index (χ1) is 16.0. The minimum Gasteiger partial charge on any atom is -0.462 e. The Morgan fingerprint density at radius 3 is 2.30 bits per heavy atom. The molecule has 0 radical (unpaired) electrons. The van der Waals surface area contributed by atoms with Gasteiger partial charge >= 0.3 is 5.97 Å². The number of hydrogen-bond acceptors (Lipinski definition) is 5. The lowest BCUT2D eigenvalue weighted by molar-refractivity contribution is 0.0498. The van der Waals surface area contributed by atoms with Gasteiger partial charge in [-0.3, -0.25) is 0 Å². The molecule has 0 spiro atoms. The number of nitrogens with zero attached hydrogens (tertiary/aromatic N) is 1. The molecular weight excluding hydrogens is 454 g/mol. The zero-order valence-corrected chi connectivity index (χ0v) is 20.6. The number of esters is 1. The Hall–Kier alpha value is -2.77. The molecule has 0 aliphatic carbocycles. The highest BCUT2D eigenvalue weighted by Crippen LogP contribution is 2.35. The van der Waals surface area contributed by atoms with Crippen molar-refractivity contribution in [3.8, 4) is 0 Å². The molecule has 3 aromatic carbocycles. The number of unbranched alkanes of at least 4 members (excludes halogenated alkanes) is 3. The van der Waals surface area contributed by atoms with Crippen molar-refractivity contribution in [3.05, 3.63) is 83.9 Å². The van der Waals surface area contributed by atoms with Crippen LogP contribution in [0.1, 0.15) is 48.5 Å². The number of benzene rings is 3. The second-order valence-corrected chi connectivity index (χ2v) is 9.70. The van der Waals surface area contributed by atoms with Gasteiger partial charge in [0.15, 0.2) is 0 Å². The van der Waals surface area contributed by atoms with Crippen molar-refractivity contribution >= 4 is 40.0 Å². The number of ether oxygens (including phenoxy) is 1. The van der Waals surface area contributed by atoms with E-state index in [0.29, 0.717) is 12.3 Å². The van der Waals surface area contributed by atoms with Crippen LogP contribution in [0.3, 0.4) is 0 Å². The van der Waals surface area contributed by atoms with Crippen LogP contribution in [0.2, 0.25) is 0 Å². The van der Waals surface area contributed by atoms with Crippen LogP contribution in [-0.4, -0.2) is 21.0 Å². The third kappa shape index (κ3) is 7.11. The predicted molar refractivity (Wildman–Crippen MR) is 135 cm³/mol. The van der Waals surface area contributed by atoms with Gasteiger partial charge in [-0.15, -0.1) is 0 Å². The smallest absolute Gasteiger partial charge is 0.340 e. The zero-order chi connectivity index (χ0) is 23.6. The summed E-state index contributed by atoms with van der Waals surface area (Å²) in [6, 6.07) is 22.1. The lowest BCUT2D eigenvalue weighted by Crippen LogP contribution is -2.19. The molecular formula is C26H29NO4S2. The van der Waals surface area contributed by atoms with E-state index in [1.807, 2.05) is 55.5 Å². The number of aryl methyl sites for hydroxylation is 1. The Kier molecular flexibility index (Phi) is 9.39. The number of thiol groups is 1. The van der Waals surface area contributed by atoms with E-state index in [4.69, 9.17) is 4.74 Å². The van der Waals surface area contributed by atoms with Gasteiger partial charge < -0.3 is 4.74 Å². The summed E-state index contributed by atoms with van der Waals surface area (Å²) in [5.74, 6) is -0.522. The van der Waals surface area contributed by atoms with Gasteiger partial charge in [0.05, 0.1) is 23.5 Å². The van der Waals surface area contributed by atoms with E-state index in [9.17, 15) is 13.2 Å². The first kappa shape index (κ1) is 24.9. The highest BCUT2D eigenvalue weighted by Gasteiger charge is 2.22. The van der Waals surface area contributed by atoms with Crippen LogP contribution in [0.25, 0.3) is 0 Å². The summed E-state index contributed by atoms with van der Waals surface area (Å²) in [5, 5.41) is 0. The molecule has 0 aliphatic rings. The summed E-state index contributed by atoms with van der Waals surface area (Å²) in [7, 11) is -3.03. The van der Waals surface area contributed by atoms with Crippen LogP contribution in [-0.2, 0) is 15.6 Å². The van der Waals surface area contributed by atoms with E-state index < -0.39 is 16.9 Å². The fourth-order valence-electron chi connectivity index (χ4n) is 3.33. The first-order valence-electron chi connectivity index (χ1n) is 11.0. The van der Waals surface area contributed by atoms with E-state index in [1.165, 1.54) is 16.1 Å². The van der Waals surface area contributed by atoms with Gasteiger partial charge in [-0.05, 0) is 55.8 Å². The van der Waals surface area contributed by atoms with E-state index in [2.05, 4.69) is 6.92 Å². The summed E-state index contributed by atoms with van der Waals surface area (Å²) in [6.45, 7) is 4.36. The highest BCUT2D eigenvalue weighted by atomic mass is 32.2. The van der Waals surface area contributed by atoms with Crippen molar-refractivity contribution in [2.24, 2.45) is 0 Å². The molecule has 3 rings (SSSR count). The molecule has 0 amide bonds. The molecule has 0 heterocycles. The third-order valence-corrected chi connectivity index (χ3v) is 6.84. The van der Waals surface area contributed by atoms with Crippen LogP contribution in [0.5, 0.6) is 0 Å². The number of carbonyl (C=O) groups is 1. The number of rotatable bonds is 11. The minimum absolute atomic E-state index is 0.228. The molecule has 0 unspecified atom stereocenters. The van der Waals surface area contributed by atoms with E-state index in [0.717, 1.165) is 41.0 Å². The third-order valence-electron chi connectivity index (χ3n) is 5.07. The Bertz CT molecular complexity index is 1120. The Morgan fingerprint density at radius 2 is 1.64 bits per heavy atom. The molecule has 0 fully saturated rings. The summed E-state index contributed by atoms with van der Waals surface area (Å²) in [4.78, 5) is 14.9. The van der Waals surface area contributed by atoms with Crippen LogP contribution in [0.15, 0.2) is 82.6 Å². The molecule has 5 nitrogen and oxygen atoms in total. The fourth-order valence-corrected chi connectivity index (χ4v) is 4.88.